The van der Waals surface area contributed by atoms with E-state index in [1.165, 1.54) is 5.56 Å². The van der Waals surface area contributed by atoms with Crippen LogP contribution in [0, 0.1) is 0 Å². The van der Waals surface area contributed by atoms with Gasteiger partial charge in [-0.05, 0) is 26.3 Å². The van der Waals surface area contributed by atoms with Gasteiger partial charge in [0.05, 0.1) is 6.10 Å². The summed E-state index contributed by atoms with van der Waals surface area (Å²) in [6.07, 6.45) is 0.172. The summed E-state index contributed by atoms with van der Waals surface area (Å²) in [5, 5.41) is 3.42. The highest BCUT2D eigenvalue weighted by molar-refractivity contribution is 5.20. The van der Waals surface area contributed by atoms with E-state index < -0.39 is 0 Å². The molecular weight excluding hydrogens is 174 g/mol. The van der Waals surface area contributed by atoms with Crippen LogP contribution in [0.4, 0.5) is 0 Å². The summed E-state index contributed by atoms with van der Waals surface area (Å²) in [4.78, 5) is 0. The van der Waals surface area contributed by atoms with Crippen LogP contribution < -0.4 is 5.32 Å². The van der Waals surface area contributed by atoms with Crippen LogP contribution in [-0.4, -0.2) is 11.8 Å². The zero-order chi connectivity index (χ0) is 10.2. The summed E-state index contributed by atoms with van der Waals surface area (Å²) < 4.78 is 5.94. The molecular formula is C12H17NO. The summed E-state index contributed by atoms with van der Waals surface area (Å²) in [6, 6.07) is 10.7. The fourth-order valence-electron chi connectivity index (χ4n) is 2.08. The number of benzene rings is 1. The zero-order valence-electron chi connectivity index (χ0n) is 8.95. The Bertz CT molecular complexity index is 307. The van der Waals surface area contributed by atoms with E-state index >= 15 is 0 Å². The molecule has 1 N–H and O–H groups in total. The van der Waals surface area contributed by atoms with Gasteiger partial charge in [0.15, 0.2) is 0 Å². The topological polar surface area (TPSA) is 21.3 Å². The molecule has 0 aromatic heterocycles. The van der Waals surface area contributed by atoms with Gasteiger partial charge >= 0.3 is 0 Å². The van der Waals surface area contributed by atoms with E-state index in [0.29, 0.717) is 6.04 Å². The Kier molecular flexibility index (Phi) is 2.33. The Morgan fingerprint density at radius 2 is 1.86 bits per heavy atom. The van der Waals surface area contributed by atoms with Gasteiger partial charge in [0.25, 0.3) is 0 Å². The molecule has 1 aromatic carbocycles. The minimum atomic E-state index is -0.208. The second kappa shape index (κ2) is 3.37. The summed E-state index contributed by atoms with van der Waals surface area (Å²) in [7, 11) is 0. The molecule has 0 aliphatic carbocycles. The minimum Gasteiger partial charge on any atom is -0.352 e. The standard InChI is InChI=1S/C12H17NO/c1-9-11(14-12(2,3)13-9)10-7-5-4-6-8-10/h4-9,11,13H,1-3H3/t9-,11-/m0/s1. The molecule has 2 atom stereocenters. The van der Waals surface area contributed by atoms with Crippen molar-refractivity contribution in [1.29, 1.82) is 0 Å². The molecule has 0 spiro atoms. The van der Waals surface area contributed by atoms with E-state index in [1.807, 2.05) is 6.07 Å². The van der Waals surface area contributed by atoms with E-state index in [1.54, 1.807) is 0 Å². The van der Waals surface area contributed by atoms with Crippen molar-refractivity contribution in [3.63, 3.8) is 0 Å². The van der Waals surface area contributed by atoms with Gasteiger partial charge in [-0.25, -0.2) is 0 Å². The van der Waals surface area contributed by atoms with Crippen LogP contribution in [-0.2, 0) is 4.74 Å². The molecule has 1 aliphatic heterocycles. The molecule has 0 amide bonds. The first kappa shape index (κ1) is 9.69. The maximum Gasteiger partial charge on any atom is 0.114 e. The maximum absolute atomic E-state index is 5.94. The van der Waals surface area contributed by atoms with E-state index in [-0.39, 0.29) is 11.8 Å². The molecule has 1 saturated heterocycles. The van der Waals surface area contributed by atoms with Gasteiger partial charge in [-0.1, -0.05) is 30.3 Å². The lowest BCUT2D eigenvalue weighted by Gasteiger charge is -2.18. The first-order chi connectivity index (χ1) is 6.58. The fourth-order valence-corrected chi connectivity index (χ4v) is 2.08. The summed E-state index contributed by atoms with van der Waals surface area (Å²) in [5.74, 6) is 0. The number of ether oxygens (including phenoxy) is 1. The molecule has 0 radical (unpaired) electrons. The zero-order valence-corrected chi connectivity index (χ0v) is 8.95. The largest absolute Gasteiger partial charge is 0.352 e. The second-order valence-corrected chi connectivity index (χ2v) is 4.39. The Balaban J connectivity index is 2.21. The molecule has 0 unspecified atom stereocenters. The van der Waals surface area contributed by atoms with Crippen LogP contribution in [0.3, 0.4) is 0 Å². The first-order valence-electron chi connectivity index (χ1n) is 5.09. The number of rotatable bonds is 1. The summed E-state index contributed by atoms with van der Waals surface area (Å²) >= 11 is 0. The normalized spacial score (nSPS) is 30.5. The van der Waals surface area contributed by atoms with Gasteiger partial charge < -0.3 is 4.74 Å². The summed E-state index contributed by atoms with van der Waals surface area (Å²) in [5.41, 5.74) is 1.04. The van der Waals surface area contributed by atoms with Crippen LogP contribution >= 0.6 is 0 Å². The average Bonchev–Trinajstić information content (AvgIpc) is 2.41. The molecule has 76 valence electrons. The SMILES string of the molecule is C[C@@H]1NC(C)(C)O[C@@H]1c1ccccc1. The predicted octanol–water partition coefficient (Wildman–Crippen LogP) is 2.47. The molecule has 2 rings (SSSR count). The van der Waals surface area contributed by atoms with E-state index in [9.17, 15) is 0 Å². The minimum absolute atomic E-state index is 0.172. The molecule has 2 heteroatoms. The maximum atomic E-state index is 5.94. The van der Waals surface area contributed by atoms with Crippen LogP contribution in [0.2, 0.25) is 0 Å². The van der Waals surface area contributed by atoms with Crippen LogP contribution in [0.1, 0.15) is 32.4 Å². The third-order valence-corrected chi connectivity index (χ3v) is 2.58. The molecule has 1 aliphatic rings. The Morgan fingerprint density at radius 3 is 2.36 bits per heavy atom. The third-order valence-electron chi connectivity index (χ3n) is 2.58. The van der Waals surface area contributed by atoms with Crippen molar-refractivity contribution in [3.05, 3.63) is 35.9 Å². The van der Waals surface area contributed by atoms with Crippen molar-refractivity contribution in [2.45, 2.75) is 38.6 Å². The van der Waals surface area contributed by atoms with Crippen molar-refractivity contribution in [1.82, 2.24) is 5.32 Å². The molecule has 1 aromatic rings. The lowest BCUT2D eigenvalue weighted by Crippen LogP contribution is -2.36. The van der Waals surface area contributed by atoms with Gasteiger partial charge in [-0.15, -0.1) is 0 Å². The highest BCUT2D eigenvalue weighted by Crippen LogP contribution is 2.32. The lowest BCUT2D eigenvalue weighted by atomic mass is 10.0. The number of hydrogen-bond donors (Lipinski definition) is 1. The van der Waals surface area contributed by atoms with Gasteiger partial charge in [-0.2, -0.15) is 0 Å². The lowest BCUT2D eigenvalue weighted by molar-refractivity contribution is -0.0259. The Morgan fingerprint density at radius 1 is 1.21 bits per heavy atom. The van der Waals surface area contributed by atoms with Crippen molar-refractivity contribution < 1.29 is 4.74 Å². The quantitative estimate of drug-likeness (QED) is 0.736. The van der Waals surface area contributed by atoms with Crippen molar-refractivity contribution in [3.8, 4) is 0 Å². The molecule has 0 bridgehead atoms. The van der Waals surface area contributed by atoms with E-state index in [2.05, 4.69) is 50.4 Å². The number of hydrogen-bond acceptors (Lipinski definition) is 2. The molecule has 1 fully saturated rings. The van der Waals surface area contributed by atoms with Crippen molar-refractivity contribution in [2.24, 2.45) is 0 Å². The highest BCUT2D eigenvalue weighted by Gasteiger charge is 2.37. The Hall–Kier alpha value is -0.860. The summed E-state index contributed by atoms with van der Waals surface area (Å²) in [6.45, 7) is 6.28. The van der Waals surface area contributed by atoms with Gasteiger partial charge in [0.1, 0.15) is 5.72 Å². The predicted molar refractivity (Wildman–Crippen MR) is 56.9 cm³/mol. The third kappa shape index (κ3) is 1.81. The average molecular weight is 191 g/mol. The number of nitrogens with one attached hydrogen (secondary N) is 1. The monoisotopic (exact) mass is 191 g/mol. The van der Waals surface area contributed by atoms with Gasteiger partial charge in [0.2, 0.25) is 0 Å². The van der Waals surface area contributed by atoms with E-state index in [0.717, 1.165) is 0 Å². The second-order valence-electron chi connectivity index (χ2n) is 4.39. The van der Waals surface area contributed by atoms with Crippen LogP contribution in [0.5, 0.6) is 0 Å². The van der Waals surface area contributed by atoms with Gasteiger partial charge in [-0.3, -0.25) is 5.32 Å². The molecule has 14 heavy (non-hydrogen) atoms. The van der Waals surface area contributed by atoms with Crippen LogP contribution in [0.25, 0.3) is 0 Å². The smallest absolute Gasteiger partial charge is 0.114 e. The van der Waals surface area contributed by atoms with Crippen molar-refractivity contribution >= 4 is 0 Å². The van der Waals surface area contributed by atoms with Crippen LogP contribution in [0.15, 0.2) is 30.3 Å². The molecule has 1 heterocycles. The van der Waals surface area contributed by atoms with Crippen molar-refractivity contribution in [2.75, 3.05) is 0 Å². The molecule has 0 saturated carbocycles. The molecule has 2 nitrogen and oxygen atoms in total. The first-order valence-corrected chi connectivity index (χ1v) is 5.09. The Labute approximate surface area is 85.3 Å². The van der Waals surface area contributed by atoms with E-state index in [4.69, 9.17) is 4.74 Å². The highest BCUT2D eigenvalue weighted by atomic mass is 16.5. The van der Waals surface area contributed by atoms with Gasteiger partial charge in [0, 0.05) is 6.04 Å². The fraction of sp³-hybridized carbons (Fsp3) is 0.500.